The Balaban J connectivity index is 1.49. The number of amides is 3. The quantitative estimate of drug-likeness (QED) is 0.857. The number of hydrogen-bond acceptors (Lipinski definition) is 4. The van der Waals surface area contributed by atoms with E-state index in [0.29, 0.717) is 19.6 Å². The molecule has 4 heterocycles. The molecular weight excluding hydrogens is 358 g/mol. The summed E-state index contributed by atoms with van der Waals surface area (Å²) >= 11 is 0. The molecule has 3 aliphatic rings. The molecule has 0 radical (unpaired) electrons. The molecule has 0 aromatic carbocycles. The van der Waals surface area contributed by atoms with Crippen LogP contribution in [0.15, 0.2) is 0 Å². The van der Waals surface area contributed by atoms with Crippen LogP contribution in [0.1, 0.15) is 67.9 Å². The highest BCUT2D eigenvalue weighted by molar-refractivity contribution is 5.94. The number of nitrogens with one attached hydrogen (secondary N) is 1. The zero-order valence-corrected chi connectivity index (χ0v) is 17.1. The van der Waals surface area contributed by atoms with Gasteiger partial charge < -0.3 is 19.9 Å². The molecule has 0 aliphatic carbocycles. The van der Waals surface area contributed by atoms with E-state index in [1.54, 1.807) is 0 Å². The Bertz CT molecular complexity index is 753. The van der Waals surface area contributed by atoms with Crippen LogP contribution in [-0.4, -0.2) is 69.8 Å². The Morgan fingerprint density at radius 1 is 1.25 bits per heavy atom. The normalized spacial score (nSPS) is 26.2. The van der Waals surface area contributed by atoms with Crippen molar-refractivity contribution < 1.29 is 14.3 Å². The average Bonchev–Trinajstić information content (AvgIpc) is 3.07. The number of carbonyl (C=O) groups excluding carboxylic acids is 2. The Morgan fingerprint density at radius 3 is 2.68 bits per heavy atom. The highest BCUT2D eigenvalue weighted by atomic mass is 16.5. The number of aryl methyl sites for hydroxylation is 1. The molecule has 2 atom stereocenters. The van der Waals surface area contributed by atoms with E-state index in [1.807, 2.05) is 35.3 Å². The van der Waals surface area contributed by atoms with Crippen molar-refractivity contribution in [2.75, 3.05) is 26.2 Å². The lowest BCUT2D eigenvalue weighted by molar-refractivity contribution is -0.00717. The lowest BCUT2D eigenvalue weighted by atomic mass is 9.98. The summed E-state index contributed by atoms with van der Waals surface area (Å²) < 4.78 is 7.74. The fourth-order valence-corrected chi connectivity index (χ4v) is 4.79. The van der Waals surface area contributed by atoms with Gasteiger partial charge in [-0.1, -0.05) is 0 Å². The maximum Gasteiger partial charge on any atom is 0.317 e. The van der Waals surface area contributed by atoms with Gasteiger partial charge in [0.05, 0.1) is 17.9 Å². The molecule has 4 rings (SSSR count). The number of nitrogens with zero attached hydrogens (tertiary/aromatic N) is 4. The van der Waals surface area contributed by atoms with Crippen molar-refractivity contribution in [3.8, 4) is 0 Å². The molecule has 2 saturated heterocycles. The van der Waals surface area contributed by atoms with Crippen LogP contribution >= 0.6 is 0 Å². The van der Waals surface area contributed by atoms with Gasteiger partial charge in [0.15, 0.2) is 0 Å². The lowest BCUT2D eigenvalue weighted by Crippen LogP contribution is -2.54. The van der Waals surface area contributed by atoms with Gasteiger partial charge in [0.25, 0.3) is 5.91 Å². The van der Waals surface area contributed by atoms with E-state index < -0.39 is 0 Å². The number of likely N-dealkylation sites (tertiary alicyclic amines) is 1. The molecule has 0 saturated carbocycles. The van der Waals surface area contributed by atoms with Gasteiger partial charge in [0, 0.05) is 50.7 Å². The van der Waals surface area contributed by atoms with E-state index in [9.17, 15) is 9.59 Å². The Labute approximate surface area is 166 Å². The summed E-state index contributed by atoms with van der Waals surface area (Å²) in [5.74, 6) is 0.0680. The molecule has 3 aliphatic heterocycles. The predicted molar refractivity (Wildman–Crippen MR) is 104 cm³/mol. The largest absolute Gasteiger partial charge is 0.369 e. The molecule has 1 aromatic rings. The minimum absolute atomic E-state index is 0.0390. The van der Waals surface area contributed by atoms with E-state index in [0.717, 1.165) is 55.7 Å². The topological polar surface area (TPSA) is 79.7 Å². The SMILES string of the molecule is CCn1nc2c(c1C(=O)N1CCC(N3CCCNC3=O)CC1)C[C@H](C)O[C@@H]2C. The summed E-state index contributed by atoms with van der Waals surface area (Å²) in [5.41, 5.74) is 2.69. The second kappa shape index (κ2) is 7.73. The number of rotatable bonds is 3. The smallest absolute Gasteiger partial charge is 0.317 e. The molecule has 1 N–H and O–H groups in total. The first kappa shape index (κ1) is 19.2. The van der Waals surface area contributed by atoms with Crippen LogP contribution < -0.4 is 5.32 Å². The van der Waals surface area contributed by atoms with E-state index in [-0.39, 0.29) is 30.2 Å². The fraction of sp³-hybridized carbons (Fsp3) is 0.750. The second-order valence-corrected chi connectivity index (χ2v) is 8.12. The van der Waals surface area contributed by atoms with Gasteiger partial charge in [-0.2, -0.15) is 5.10 Å². The average molecular weight is 390 g/mol. The van der Waals surface area contributed by atoms with Crippen molar-refractivity contribution >= 4 is 11.9 Å². The van der Waals surface area contributed by atoms with E-state index in [1.165, 1.54) is 0 Å². The highest BCUT2D eigenvalue weighted by Gasteiger charge is 2.36. The number of urea groups is 1. The van der Waals surface area contributed by atoms with Crippen molar-refractivity contribution in [1.29, 1.82) is 0 Å². The minimum Gasteiger partial charge on any atom is -0.369 e. The Hall–Kier alpha value is -2.09. The molecule has 0 spiro atoms. The first-order valence-electron chi connectivity index (χ1n) is 10.6. The van der Waals surface area contributed by atoms with E-state index >= 15 is 0 Å². The van der Waals surface area contributed by atoms with Gasteiger partial charge in [-0.05, 0) is 40.0 Å². The van der Waals surface area contributed by atoms with Crippen LogP contribution in [-0.2, 0) is 17.7 Å². The van der Waals surface area contributed by atoms with E-state index in [4.69, 9.17) is 4.74 Å². The molecular formula is C20H31N5O3. The van der Waals surface area contributed by atoms with Crippen molar-refractivity contribution in [3.63, 3.8) is 0 Å². The first-order valence-corrected chi connectivity index (χ1v) is 10.6. The van der Waals surface area contributed by atoms with Gasteiger partial charge in [-0.25, -0.2) is 4.79 Å². The maximum atomic E-state index is 13.4. The Kier molecular flexibility index (Phi) is 5.31. The molecule has 8 nitrogen and oxygen atoms in total. The first-order chi connectivity index (χ1) is 13.5. The maximum absolute atomic E-state index is 13.4. The standard InChI is InChI=1S/C20H31N5O3/c1-4-25-18(16-12-13(2)28-14(3)17(16)22-25)19(26)23-10-6-15(7-11-23)24-9-5-8-21-20(24)27/h13-15H,4-12H2,1-3H3,(H,21,27)/t13-,14+/m0/s1. The van der Waals surface area contributed by atoms with Gasteiger partial charge in [0.1, 0.15) is 5.69 Å². The van der Waals surface area contributed by atoms with Gasteiger partial charge in [0.2, 0.25) is 0 Å². The molecule has 28 heavy (non-hydrogen) atoms. The minimum atomic E-state index is -0.0820. The van der Waals surface area contributed by atoms with Gasteiger partial charge >= 0.3 is 6.03 Å². The molecule has 0 bridgehead atoms. The number of carbonyl (C=O) groups is 2. The van der Waals surface area contributed by atoms with Gasteiger partial charge in [-0.15, -0.1) is 0 Å². The third kappa shape index (κ3) is 3.38. The number of ether oxygens (including phenoxy) is 1. The van der Waals surface area contributed by atoms with Crippen LogP contribution in [0.3, 0.4) is 0 Å². The third-order valence-corrected chi connectivity index (χ3v) is 6.20. The number of piperidine rings is 1. The molecule has 2 fully saturated rings. The summed E-state index contributed by atoms with van der Waals surface area (Å²) in [6, 6.07) is 0.264. The molecule has 154 valence electrons. The third-order valence-electron chi connectivity index (χ3n) is 6.20. The number of fused-ring (bicyclic) bond motifs is 1. The zero-order chi connectivity index (χ0) is 19.8. The number of hydrogen-bond donors (Lipinski definition) is 1. The van der Waals surface area contributed by atoms with Gasteiger partial charge in [-0.3, -0.25) is 9.48 Å². The second-order valence-electron chi connectivity index (χ2n) is 8.12. The van der Waals surface area contributed by atoms with Crippen molar-refractivity contribution in [2.24, 2.45) is 0 Å². The van der Waals surface area contributed by atoms with Crippen molar-refractivity contribution in [3.05, 3.63) is 17.0 Å². The van der Waals surface area contributed by atoms with Crippen molar-refractivity contribution in [1.82, 2.24) is 24.9 Å². The van der Waals surface area contributed by atoms with Crippen LogP contribution in [0.4, 0.5) is 4.79 Å². The summed E-state index contributed by atoms with van der Waals surface area (Å²) in [5, 5.41) is 7.61. The zero-order valence-electron chi connectivity index (χ0n) is 17.1. The molecule has 0 unspecified atom stereocenters. The summed E-state index contributed by atoms with van der Waals surface area (Å²) in [6.45, 7) is 9.68. The Morgan fingerprint density at radius 2 is 2.00 bits per heavy atom. The highest BCUT2D eigenvalue weighted by Crippen LogP contribution is 2.32. The molecule has 3 amide bonds. The lowest BCUT2D eigenvalue weighted by Gasteiger charge is -2.40. The van der Waals surface area contributed by atoms with Crippen LogP contribution in [0, 0.1) is 0 Å². The van der Waals surface area contributed by atoms with Crippen molar-refractivity contribution in [2.45, 2.75) is 71.2 Å². The molecule has 1 aromatic heterocycles. The predicted octanol–water partition coefficient (Wildman–Crippen LogP) is 1.95. The van der Waals surface area contributed by atoms with E-state index in [2.05, 4.69) is 10.4 Å². The summed E-state index contributed by atoms with van der Waals surface area (Å²) in [6.07, 6.45) is 3.39. The van der Waals surface area contributed by atoms with Crippen LogP contribution in [0.2, 0.25) is 0 Å². The monoisotopic (exact) mass is 389 g/mol. The van der Waals surface area contributed by atoms with Crippen LogP contribution in [0.25, 0.3) is 0 Å². The summed E-state index contributed by atoms with van der Waals surface area (Å²) in [4.78, 5) is 29.4. The van der Waals surface area contributed by atoms with Crippen LogP contribution in [0.5, 0.6) is 0 Å². The molecule has 8 heteroatoms. The fourth-order valence-electron chi connectivity index (χ4n) is 4.79. The summed E-state index contributed by atoms with van der Waals surface area (Å²) in [7, 11) is 0. The number of aromatic nitrogens is 2.